The highest BCUT2D eigenvalue weighted by Gasteiger charge is 2.15. The van der Waals surface area contributed by atoms with E-state index in [0.29, 0.717) is 5.02 Å². The second kappa shape index (κ2) is 7.39. The Morgan fingerprint density at radius 1 is 1.09 bits per heavy atom. The van der Waals surface area contributed by atoms with Crippen LogP contribution in [0.25, 0.3) is 0 Å². The first kappa shape index (κ1) is 17.2. The van der Waals surface area contributed by atoms with Gasteiger partial charge in [-0.2, -0.15) is 0 Å². The molecule has 0 radical (unpaired) electrons. The largest absolute Gasteiger partial charge is 0.452 e. The second-order valence-corrected chi connectivity index (χ2v) is 5.22. The Hall–Kier alpha value is -2.18. The first-order chi connectivity index (χ1) is 10.9. The molecule has 0 aliphatic carbocycles. The van der Waals surface area contributed by atoms with Gasteiger partial charge in [-0.15, -0.1) is 0 Å². The van der Waals surface area contributed by atoms with Gasteiger partial charge in [0.05, 0.1) is 16.3 Å². The Labute approximate surface area is 140 Å². The van der Waals surface area contributed by atoms with Crippen LogP contribution in [0.3, 0.4) is 0 Å². The zero-order valence-electron chi connectivity index (χ0n) is 11.4. The summed E-state index contributed by atoms with van der Waals surface area (Å²) >= 11 is 11.5. The molecule has 0 aromatic heterocycles. The first-order valence-corrected chi connectivity index (χ1v) is 6.99. The molecule has 0 fully saturated rings. The average Bonchev–Trinajstić information content (AvgIpc) is 2.48. The predicted molar refractivity (Wildman–Crippen MR) is 81.7 cm³/mol. The van der Waals surface area contributed by atoms with Gasteiger partial charge in [-0.1, -0.05) is 23.2 Å². The van der Waals surface area contributed by atoms with Gasteiger partial charge in [0.15, 0.2) is 6.61 Å². The van der Waals surface area contributed by atoms with Crippen molar-refractivity contribution in [1.29, 1.82) is 0 Å². The molecular formula is C15H9Cl2F2NO3. The fourth-order valence-electron chi connectivity index (χ4n) is 1.64. The minimum Gasteiger partial charge on any atom is -0.452 e. The number of amides is 1. The van der Waals surface area contributed by atoms with E-state index in [1.165, 1.54) is 18.2 Å². The van der Waals surface area contributed by atoms with Crippen LogP contribution in [-0.2, 0) is 9.53 Å². The number of esters is 1. The Morgan fingerprint density at radius 2 is 1.83 bits per heavy atom. The SMILES string of the molecule is O=C(COC(=O)c1ccc(Cl)cc1Cl)Nc1cc(F)ccc1F. The fraction of sp³-hybridized carbons (Fsp3) is 0.0667. The normalized spacial score (nSPS) is 10.3. The van der Waals surface area contributed by atoms with Crippen molar-refractivity contribution in [2.45, 2.75) is 0 Å². The van der Waals surface area contributed by atoms with Gasteiger partial charge in [0.2, 0.25) is 0 Å². The molecule has 2 rings (SSSR count). The van der Waals surface area contributed by atoms with Gasteiger partial charge < -0.3 is 10.1 Å². The van der Waals surface area contributed by atoms with Crippen LogP contribution >= 0.6 is 23.2 Å². The number of ether oxygens (including phenoxy) is 1. The zero-order valence-corrected chi connectivity index (χ0v) is 12.9. The smallest absolute Gasteiger partial charge is 0.340 e. The van der Waals surface area contributed by atoms with Crippen molar-refractivity contribution in [3.05, 3.63) is 63.6 Å². The molecule has 0 aliphatic rings. The summed E-state index contributed by atoms with van der Waals surface area (Å²) in [5, 5.41) is 2.50. The fourth-order valence-corrected chi connectivity index (χ4v) is 2.13. The van der Waals surface area contributed by atoms with Crippen LogP contribution in [0.15, 0.2) is 36.4 Å². The quantitative estimate of drug-likeness (QED) is 0.837. The molecule has 0 spiro atoms. The molecule has 2 aromatic carbocycles. The van der Waals surface area contributed by atoms with E-state index in [0.717, 1.165) is 18.2 Å². The maximum absolute atomic E-state index is 13.4. The monoisotopic (exact) mass is 359 g/mol. The van der Waals surface area contributed by atoms with E-state index in [1.807, 2.05) is 0 Å². The summed E-state index contributed by atoms with van der Waals surface area (Å²) in [5.74, 6) is -3.20. The van der Waals surface area contributed by atoms with Crippen molar-refractivity contribution in [2.24, 2.45) is 0 Å². The van der Waals surface area contributed by atoms with Crippen LogP contribution < -0.4 is 5.32 Å². The highest BCUT2D eigenvalue weighted by Crippen LogP contribution is 2.21. The number of carbonyl (C=O) groups excluding carboxylic acids is 2. The van der Waals surface area contributed by atoms with Gasteiger partial charge in [-0.25, -0.2) is 13.6 Å². The van der Waals surface area contributed by atoms with Crippen LogP contribution in [-0.4, -0.2) is 18.5 Å². The molecule has 0 atom stereocenters. The van der Waals surface area contributed by atoms with Crippen molar-refractivity contribution in [3.8, 4) is 0 Å². The van der Waals surface area contributed by atoms with E-state index in [9.17, 15) is 18.4 Å². The van der Waals surface area contributed by atoms with E-state index in [-0.39, 0.29) is 16.3 Å². The number of hydrogen-bond donors (Lipinski definition) is 1. The maximum atomic E-state index is 13.4. The van der Waals surface area contributed by atoms with Crippen molar-refractivity contribution in [2.75, 3.05) is 11.9 Å². The van der Waals surface area contributed by atoms with Gasteiger partial charge in [-0.05, 0) is 30.3 Å². The van der Waals surface area contributed by atoms with Crippen molar-refractivity contribution in [3.63, 3.8) is 0 Å². The minimum absolute atomic E-state index is 0.0285. The van der Waals surface area contributed by atoms with Crippen LogP contribution in [0.2, 0.25) is 10.0 Å². The summed E-state index contributed by atoms with van der Waals surface area (Å²) in [4.78, 5) is 23.4. The van der Waals surface area contributed by atoms with Crippen LogP contribution in [0, 0.1) is 11.6 Å². The molecule has 0 aliphatic heterocycles. The summed E-state index contributed by atoms with van der Waals surface area (Å²) < 4.78 is 31.1. The molecule has 4 nitrogen and oxygen atoms in total. The molecular weight excluding hydrogens is 351 g/mol. The average molecular weight is 360 g/mol. The lowest BCUT2D eigenvalue weighted by atomic mass is 10.2. The number of nitrogens with one attached hydrogen (secondary N) is 1. The Bertz CT molecular complexity index is 768. The van der Waals surface area contributed by atoms with Gasteiger partial charge in [0, 0.05) is 11.1 Å². The molecule has 8 heteroatoms. The summed E-state index contributed by atoms with van der Waals surface area (Å²) in [5.41, 5.74) is -0.323. The third-order valence-electron chi connectivity index (χ3n) is 2.69. The van der Waals surface area contributed by atoms with E-state index >= 15 is 0 Å². The summed E-state index contributed by atoms with van der Waals surface area (Å²) in [6, 6.07) is 6.72. The summed E-state index contributed by atoms with van der Waals surface area (Å²) in [6.45, 7) is -0.687. The van der Waals surface area contributed by atoms with Gasteiger partial charge in [-0.3, -0.25) is 4.79 Å². The van der Waals surface area contributed by atoms with Gasteiger partial charge >= 0.3 is 5.97 Å². The Kier molecular flexibility index (Phi) is 5.52. The van der Waals surface area contributed by atoms with E-state index in [4.69, 9.17) is 27.9 Å². The lowest BCUT2D eigenvalue weighted by molar-refractivity contribution is -0.119. The third-order valence-corrected chi connectivity index (χ3v) is 3.24. The minimum atomic E-state index is -0.846. The predicted octanol–water partition coefficient (Wildman–Crippen LogP) is 4.07. The summed E-state index contributed by atoms with van der Waals surface area (Å²) in [7, 11) is 0. The van der Waals surface area contributed by atoms with E-state index in [2.05, 4.69) is 5.32 Å². The number of rotatable bonds is 4. The number of halogens is 4. The lowest BCUT2D eigenvalue weighted by Crippen LogP contribution is -2.21. The molecule has 2 aromatic rings. The van der Waals surface area contributed by atoms with Crippen molar-refractivity contribution < 1.29 is 23.1 Å². The number of hydrogen-bond acceptors (Lipinski definition) is 3. The summed E-state index contributed by atoms with van der Waals surface area (Å²) in [6.07, 6.45) is 0. The third kappa shape index (κ3) is 4.64. The molecule has 0 bridgehead atoms. The van der Waals surface area contributed by atoms with Crippen LogP contribution in [0.4, 0.5) is 14.5 Å². The molecule has 0 heterocycles. The molecule has 0 saturated heterocycles. The highest BCUT2D eigenvalue weighted by atomic mass is 35.5. The van der Waals surface area contributed by atoms with Crippen LogP contribution in [0.1, 0.15) is 10.4 Å². The zero-order chi connectivity index (χ0) is 17.0. The number of benzene rings is 2. The lowest BCUT2D eigenvalue weighted by Gasteiger charge is -2.08. The Balaban J connectivity index is 1.96. The molecule has 23 heavy (non-hydrogen) atoms. The molecule has 120 valence electrons. The number of carbonyl (C=O) groups is 2. The highest BCUT2D eigenvalue weighted by molar-refractivity contribution is 6.36. The standard InChI is InChI=1S/C15H9Cl2F2NO3/c16-8-1-3-10(11(17)5-8)15(22)23-7-14(21)20-13-6-9(18)2-4-12(13)19/h1-6H,7H2,(H,20,21). The van der Waals surface area contributed by atoms with Gasteiger partial charge in [0.25, 0.3) is 5.91 Å². The molecule has 0 unspecified atom stereocenters. The van der Waals surface area contributed by atoms with Crippen LogP contribution in [0.5, 0.6) is 0 Å². The first-order valence-electron chi connectivity index (χ1n) is 6.24. The molecule has 1 amide bonds. The molecule has 0 saturated carbocycles. The van der Waals surface area contributed by atoms with E-state index in [1.54, 1.807) is 0 Å². The molecule has 1 N–H and O–H groups in total. The van der Waals surface area contributed by atoms with E-state index < -0.39 is 30.1 Å². The maximum Gasteiger partial charge on any atom is 0.340 e. The van der Waals surface area contributed by atoms with Crippen molar-refractivity contribution >= 4 is 40.8 Å². The topological polar surface area (TPSA) is 55.4 Å². The van der Waals surface area contributed by atoms with Gasteiger partial charge in [0.1, 0.15) is 11.6 Å². The Morgan fingerprint density at radius 3 is 2.52 bits per heavy atom. The van der Waals surface area contributed by atoms with Crippen molar-refractivity contribution in [1.82, 2.24) is 0 Å². The second-order valence-electron chi connectivity index (χ2n) is 4.37. The number of anilines is 1.